The zero-order valence-electron chi connectivity index (χ0n) is 11.9. The van der Waals surface area contributed by atoms with E-state index in [0.717, 1.165) is 22.7 Å². The molecule has 0 aliphatic heterocycles. The van der Waals surface area contributed by atoms with Gasteiger partial charge in [0.2, 0.25) is 0 Å². The lowest BCUT2D eigenvalue weighted by Crippen LogP contribution is -2.08. The maximum atomic E-state index is 5.13. The standard InChI is InChI=1S/C16H18N2O2/c1-18(14-6-10-16(20-3)11-7-14)17-12-13-4-8-15(19-2)9-5-13/h4-12H,1-3H3/b17-12+. The summed E-state index contributed by atoms with van der Waals surface area (Å²) in [7, 11) is 5.21. The molecule has 0 N–H and O–H groups in total. The van der Waals surface area contributed by atoms with Gasteiger partial charge in [0.15, 0.2) is 0 Å². The minimum Gasteiger partial charge on any atom is -0.497 e. The minimum atomic E-state index is 0.835. The lowest BCUT2D eigenvalue weighted by atomic mass is 10.2. The summed E-state index contributed by atoms with van der Waals surface area (Å²) in [6.07, 6.45) is 1.81. The van der Waals surface area contributed by atoms with Crippen LogP contribution in [0.1, 0.15) is 5.56 Å². The van der Waals surface area contributed by atoms with Crippen molar-refractivity contribution in [3.8, 4) is 11.5 Å². The van der Waals surface area contributed by atoms with E-state index in [1.807, 2.05) is 66.8 Å². The minimum absolute atomic E-state index is 0.835. The van der Waals surface area contributed by atoms with Gasteiger partial charge in [0.1, 0.15) is 11.5 Å². The molecule has 20 heavy (non-hydrogen) atoms. The van der Waals surface area contributed by atoms with Crippen LogP contribution in [0.15, 0.2) is 53.6 Å². The van der Waals surface area contributed by atoms with Crippen molar-refractivity contribution in [2.75, 3.05) is 26.3 Å². The van der Waals surface area contributed by atoms with Crippen LogP contribution in [-0.2, 0) is 0 Å². The van der Waals surface area contributed by atoms with Gasteiger partial charge in [-0.05, 0) is 54.1 Å². The lowest BCUT2D eigenvalue weighted by molar-refractivity contribution is 0.414. The fraction of sp³-hybridized carbons (Fsp3) is 0.188. The van der Waals surface area contributed by atoms with Crippen molar-refractivity contribution in [3.05, 3.63) is 54.1 Å². The van der Waals surface area contributed by atoms with Crippen molar-refractivity contribution in [3.63, 3.8) is 0 Å². The first-order valence-electron chi connectivity index (χ1n) is 6.29. The monoisotopic (exact) mass is 270 g/mol. The van der Waals surface area contributed by atoms with Gasteiger partial charge in [-0.2, -0.15) is 5.10 Å². The van der Waals surface area contributed by atoms with Crippen LogP contribution in [0.25, 0.3) is 0 Å². The number of ether oxygens (including phenoxy) is 2. The summed E-state index contributed by atoms with van der Waals surface area (Å²) in [6.45, 7) is 0. The number of hydrazone groups is 1. The van der Waals surface area contributed by atoms with Gasteiger partial charge in [-0.3, -0.25) is 5.01 Å². The van der Waals surface area contributed by atoms with E-state index in [-0.39, 0.29) is 0 Å². The Hall–Kier alpha value is -2.49. The van der Waals surface area contributed by atoms with E-state index in [2.05, 4.69) is 5.10 Å². The molecule has 0 heterocycles. The molecule has 0 aliphatic carbocycles. The second-order valence-corrected chi connectivity index (χ2v) is 4.24. The molecule has 104 valence electrons. The molecule has 4 heteroatoms. The van der Waals surface area contributed by atoms with Crippen LogP contribution in [0.2, 0.25) is 0 Å². The van der Waals surface area contributed by atoms with Crippen molar-refractivity contribution in [1.29, 1.82) is 0 Å². The quantitative estimate of drug-likeness (QED) is 0.618. The number of anilines is 1. The highest BCUT2D eigenvalue weighted by atomic mass is 16.5. The maximum absolute atomic E-state index is 5.13. The molecule has 0 fully saturated rings. The van der Waals surface area contributed by atoms with Gasteiger partial charge in [-0.1, -0.05) is 0 Å². The predicted molar refractivity (Wildman–Crippen MR) is 82.0 cm³/mol. The third kappa shape index (κ3) is 3.51. The Morgan fingerprint density at radius 2 is 1.35 bits per heavy atom. The number of nitrogens with zero attached hydrogens (tertiary/aromatic N) is 2. The van der Waals surface area contributed by atoms with E-state index in [1.54, 1.807) is 14.2 Å². The summed E-state index contributed by atoms with van der Waals surface area (Å²) in [5.74, 6) is 1.67. The maximum Gasteiger partial charge on any atom is 0.119 e. The Morgan fingerprint density at radius 3 is 1.85 bits per heavy atom. The topological polar surface area (TPSA) is 34.1 Å². The zero-order chi connectivity index (χ0) is 14.4. The van der Waals surface area contributed by atoms with Crippen molar-refractivity contribution < 1.29 is 9.47 Å². The van der Waals surface area contributed by atoms with Crippen LogP contribution in [0.4, 0.5) is 5.69 Å². The van der Waals surface area contributed by atoms with E-state index in [9.17, 15) is 0 Å². The van der Waals surface area contributed by atoms with Crippen LogP contribution in [0.5, 0.6) is 11.5 Å². The van der Waals surface area contributed by atoms with Gasteiger partial charge in [0.05, 0.1) is 26.1 Å². The van der Waals surface area contributed by atoms with Gasteiger partial charge in [-0.15, -0.1) is 0 Å². The molecule has 0 amide bonds. The molecule has 0 atom stereocenters. The summed E-state index contributed by atoms with van der Waals surface area (Å²) >= 11 is 0. The highest BCUT2D eigenvalue weighted by Crippen LogP contribution is 2.18. The van der Waals surface area contributed by atoms with Crippen LogP contribution < -0.4 is 14.5 Å². The fourth-order valence-electron chi connectivity index (χ4n) is 1.71. The van der Waals surface area contributed by atoms with E-state index >= 15 is 0 Å². The second-order valence-electron chi connectivity index (χ2n) is 4.24. The molecule has 0 saturated carbocycles. The van der Waals surface area contributed by atoms with Crippen molar-refractivity contribution >= 4 is 11.9 Å². The summed E-state index contributed by atoms with van der Waals surface area (Å²) < 4.78 is 10.3. The number of rotatable bonds is 5. The molecule has 0 unspecified atom stereocenters. The summed E-state index contributed by atoms with van der Waals surface area (Å²) in [5.41, 5.74) is 2.02. The normalized spacial score (nSPS) is 10.6. The molecule has 0 bridgehead atoms. The van der Waals surface area contributed by atoms with Crippen LogP contribution in [0.3, 0.4) is 0 Å². The number of hydrogen-bond acceptors (Lipinski definition) is 4. The summed E-state index contributed by atoms with van der Waals surface area (Å²) in [5, 5.41) is 6.21. The van der Waals surface area contributed by atoms with Gasteiger partial charge in [0.25, 0.3) is 0 Å². The van der Waals surface area contributed by atoms with Crippen LogP contribution >= 0.6 is 0 Å². The SMILES string of the molecule is COc1ccc(/C=N/N(C)c2ccc(OC)cc2)cc1. The Bertz CT molecular complexity index is 562. The summed E-state index contributed by atoms with van der Waals surface area (Å²) in [4.78, 5) is 0. The first-order chi connectivity index (χ1) is 9.72. The Balaban J connectivity index is 2.04. The number of methoxy groups -OCH3 is 2. The average Bonchev–Trinajstić information content (AvgIpc) is 2.53. The van der Waals surface area contributed by atoms with Crippen LogP contribution in [-0.4, -0.2) is 27.5 Å². The fourth-order valence-corrected chi connectivity index (χ4v) is 1.71. The van der Waals surface area contributed by atoms with E-state index < -0.39 is 0 Å². The largest absolute Gasteiger partial charge is 0.497 e. The first kappa shape index (κ1) is 13.9. The third-order valence-corrected chi connectivity index (χ3v) is 2.94. The smallest absolute Gasteiger partial charge is 0.119 e. The Labute approximate surface area is 119 Å². The van der Waals surface area contributed by atoms with E-state index in [4.69, 9.17) is 9.47 Å². The molecule has 2 aromatic rings. The molecule has 0 aromatic heterocycles. The average molecular weight is 270 g/mol. The highest BCUT2D eigenvalue weighted by Gasteiger charge is 1.98. The first-order valence-corrected chi connectivity index (χ1v) is 6.29. The molecule has 2 rings (SSSR count). The molecule has 0 spiro atoms. The van der Waals surface area contributed by atoms with Gasteiger partial charge >= 0.3 is 0 Å². The second kappa shape index (κ2) is 6.61. The number of benzene rings is 2. The van der Waals surface area contributed by atoms with Gasteiger partial charge in [0, 0.05) is 7.05 Å². The molecule has 2 aromatic carbocycles. The van der Waals surface area contributed by atoms with Crippen LogP contribution in [0, 0.1) is 0 Å². The molecular formula is C16H18N2O2. The van der Waals surface area contributed by atoms with Gasteiger partial charge < -0.3 is 9.47 Å². The lowest BCUT2D eigenvalue weighted by Gasteiger charge is -2.13. The molecule has 0 radical (unpaired) electrons. The van der Waals surface area contributed by atoms with Crippen molar-refractivity contribution in [1.82, 2.24) is 0 Å². The van der Waals surface area contributed by atoms with Crippen molar-refractivity contribution in [2.24, 2.45) is 5.10 Å². The van der Waals surface area contributed by atoms with Crippen molar-refractivity contribution in [2.45, 2.75) is 0 Å². The van der Waals surface area contributed by atoms with E-state index in [1.165, 1.54) is 0 Å². The zero-order valence-corrected chi connectivity index (χ0v) is 11.9. The Morgan fingerprint density at radius 1 is 0.850 bits per heavy atom. The molecule has 0 saturated heterocycles. The molecular weight excluding hydrogens is 252 g/mol. The Kier molecular flexibility index (Phi) is 4.60. The highest BCUT2D eigenvalue weighted by molar-refractivity contribution is 5.80. The summed E-state index contributed by atoms with van der Waals surface area (Å²) in [6, 6.07) is 15.5. The third-order valence-electron chi connectivity index (χ3n) is 2.94. The van der Waals surface area contributed by atoms with E-state index in [0.29, 0.717) is 0 Å². The molecule has 4 nitrogen and oxygen atoms in total. The number of hydrogen-bond donors (Lipinski definition) is 0. The predicted octanol–water partition coefficient (Wildman–Crippen LogP) is 3.17. The molecule has 0 aliphatic rings. The van der Waals surface area contributed by atoms with Gasteiger partial charge in [-0.25, -0.2) is 0 Å².